The highest BCUT2D eigenvalue weighted by molar-refractivity contribution is 7.88. The number of nitrogens with one attached hydrogen (secondary N) is 3. The van der Waals surface area contributed by atoms with E-state index in [-0.39, 0.29) is 17.1 Å². The first-order chi connectivity index (χ1) is 9.55. The van der Waals surface area contributed by atoms with Crippen LogP contribution >= 0.6 is 0 Å². The topological polar surface area (TPSA) is 91.8 Å². The van der Waals surface area contributed by atoms with Crippen LogP contribution in [0.4, 0.5) is 0 Å². The predicted octanol–water partition coefficient (Wildman–Crippen LogP) is -0.0958. The summed E-state index contributed by atoms with van der Waals surface area (Å²) in [5, 5.41) is 6.46. The van der Waals surface area contributed by atoms with Crippen molar-refractivity contribution >= 4 is 16.0 Å². The Hall–Kier alpha value is -0.860. The summed E-state index contributed by atoms with van der Waals surface area (Å²) < 4.78 is 30.0. The second-order valence-electron chi connectivity index (χ2n) is 6.22. The second-order valence-corrected chi connectivity index (χ2v) is 8.06. The fourth-order valence-corrected chi connectivity index (χ4v) is 2.97. The van der Waals surface area contributed by atoms with Gasteiger partial charge in [-0.25, -0.2) is 13.1 Å². The summed E-state index contributed by atoms with van der Waals surface area (Å²) in [5.41, 5.74) is -0.147. The Morgan fingerprint density at radius 1 is 1.33 bits per heavy atom. The summed E-state index contributed by atoms with van der Waals surface area (Å²) >= 11 is 0. The van der Waals surface area contributed by atoms with Crippen molar-refractivity contribution in [2.75, 3.05) is 33.5 Å². The van der Waals surface area contributed by atoms with E-state index in [0.29, 0.717) is 19.0 Å². The molecule has 0 saturated heterocycles. The van der Waals surface area contributed by atoms with Gasteiger partial charge < -0.3 is 15.4 Å². The van der Waals surface area contributed by atoms with Crippen molar-refractivity contribution in [2.24, 2.45) is 10.4 Å². The largest absolute Gasteiger partial charge is 0.378 e. The molecule has 21 heavy (non-hydrogen) atoms. The van der Waals surface area contributed by atoms with Gasteiger partial charge in [0.25, 0.3) is 0 Å². The number of ether oxygens (including phenoxy) is 1. The van der Waals surface area contributed by atoms with Gasteiger partial charge in [-0.2, -0.15) is 0 Å². The quantitative estimate of drug-likeness (QED) is 0.361. The SMILES string of the molecule is CN=C(NCCNS(C)(=O)=O)NC1CC(C)(OC)C1(C)C. The Bertz CT molecular complexity index is 490. The Morgan fingerprint density at radius 3 is 2.38 bits per heavy atom. The van der Waals surface area contributed by atoms with Crippen molar-refractivity contribution in [3.63, 3.8) is 0 Å². The van der Waals surface area contributed by atoms with Crippen molar-refractivity contribution in [1.82, 2.24) is 15.4 Å². The van der Waals surface area contributed by atoms with E-state index in [1.54, 1.807) is 14.2 Å². The van der Waals surface area contributed by atoms with Crippen LogP contribution in [0.5, 0.6) is 0 Å². The first-order valence-corrected chi connectivity index (χ1v) is 8.92. The zero-order valence-corrected chi connectivity index (χ0v) is 14.6. The van der Waals surface area contributed by atoms with E-state index in [1.165, 1.54) is 0 Å². The summed E-state index contributed by atoms with van der Waals surface area (Å²) in [6.45, 7) is 7.23. The average molecular weight is 320 g/mol. The van der Waals surface area contributed by atoms with Crippen LogP contribution in [-0.2, 0) is 14.8 Å². The number of methoxy groups -OCH3 is 1. The van der Waals surface area contributed by atoms with E-state index in [2.05, 4.69) is 41.1 Å². The van der Waals surface area contributed by atoms with Crippen LogP contribution in [0.1, 0.15) is 27.2 Å². The number of aliphatic imine (C=N–C) groups is 1. The summed E-state index contributed by atoms with van der Waals surface area (Å²) in [6, 6.07) is 0.261. The molecule has 0 aromatic heterocycles. The standard InChI is InChI=1S/C13H28N4O3S/c1-12(2)10(9-13(12,3)20-5)17-11(14-4)15-7-8-16-21(6,18)19/h10,16H,7-9H2,1-6H3,(H2,14,15,17). The zero-order chi connectivity index (χ0) is 16.3. The molecule has 1 fully saturated rings. The summed E-state index contributed by atoms with van der Waals surface area (Å²) in [4.78, 5) is 4.16. The molecule has 0 aromatic carbocycles. The molecule has 2 atom stereocenters. The molecular formula is C13H28N4O3S. The Balaban J connectivity index is 2.43. The maximum absolute atomic E-state index is 11.0. The van der Waals surface area contributed by atoms with Gasteiger partial charge in [-0.05, 0) is 13.3 Å². The third-order valence-corrected chi connectivity index (χ3v) is 5.32. The fraction of sp³-hybridized carbons (Fsp3) is 0.923. The smallest absolute Gasteiger partial charge is 0.208 e. The van der Waals surface area contributed by atoms with Gasteiger partial charge >= 0.3 is 0 Å². The van der Waals surface area contributed by atoms with Crippen LogP contribution in [0.25, 0.3) is 0 Å². The molecule has 7 nitrogen and oxygen atoms in total. The molecule has 0 heterocycles. The van der Waals surface area contributed by atoms with E-state index < -0.39 is 10.0 Å². The minimum absolute atomic E-state index is 0.00955. The first-order valence-electron chi connectivity index (χ1n) is 7.03. The van der Waals surface area contributed by atoms with Crippen molar-refractivity contribution in [2.45, 2.75) is 38.8 Å². The molecule has 1 rings (SSSR count). The Kier molecular flexibility index (Phi) is 5.63. The third kappa shape index (κ3) is 4.31. The molecule has 0 aromatic rings. The van der Waals surface area contributed by atoms with Crippen molar-refractivity contribution in [3.05, 3.63) is 0 Å². The van der Waals surface area contributed by atoms with Crippen LogP contribution in [-0.4, -0.2) is 59.5 Å². The fourth-order valence-electron chi connectivity index (χ4n) is 2.50. The molecule has 1 saturated carbocycles. The molecule has 0 aliphatic heterocycles. The minimum atomic E-state index is -3.15. The van der Waals surface area contributed by atoms with Gasteiger partial charge in [-0.1, -0.05) is 13.8 Å². The number of sulfonamides is 1. The number of hydrogen-bond donors (Lipinski definition) is 3. The first kappa shape index (κ1) is 18.2. The van der Waals surface area contributed by atoms with Crippen LogP contribution in [0.15, 0.2) is 4.99 Å². The summed E-state index contributed by atoms with van der Waals surface area (Å²) in [6.07, 6.45) is 2.04. The van der Waals surface area contributed by atoms with Gasteiger partial charge in [0.15, 0.2) is 5.96 Å². The van der Waals surface area contributed by atoms with Gasteiger partial charge in [0.2, 0.25) is 10.0 Å². The van der Waals surface area contributed by atoms with Crippen molar-refractivity contribution in [3.8, 4) is 0 Å². The monoisotopic (exact) mass is 320 g/mol. The number of rotatable bonds is 6. The summed E-state index contributed by atoms with van der Waals surface area (Å²) in [7, 11) is 0.283. The molecule has 0 radical (unpaired) electrons. The van der Waals surface area contributed by atoms with Crippen molar-refractivity contribution < 1.29 is 13.2 Å². The molecule has 124 valence electrons. The lowest BCUT2D eigenvalue weighted by Crippen LogP contribution is -2.69. The lowest BCUT2D eigenvalue weighted by molar-refractivity contribution is -0.176. The van der Waals surface area contributed by atoms with Crippen LogP contribution in [0.2, 0.25) is 0 Å². The predicted molar refractivity (Wildman–Crippen MR) is 84.9 cm³/mol. The Labute approximate surface area is 128 Å². The second kappa shape index (κ2) is 6.50. The highest BCUT2D eigenvalue weighted by Gasteiger charge is 2.57. The molecule has 1 aliphatic carbocycles. The molecule has 3 N–H and O–H groups in total. The molecule has 2 unspecified atom stereocenters. The van der Waals surface area contributed by atoms with Gasteiger partial charge in [0.05, 0.1) is 11.9 Å². The average Bonchev–Trinajstić information content (AvgIpc) is 2.39. The van der Waals surface area contributed by atoms with E-state index in [9.17, 15) is 8.42 Å². The highest BCUT2D eigenvalue weighted by Crippen LogP contribution is 2.51. The minimum Gasteiger partial charge on any atom is -0.378 e. The molecule has 0 amide bonds. The van der Waals surface area contributed by atoms with Gasteiger partial charge in [-0.15, -0.1) is 0 Å². The number of nitrogens with zero attached hydrogens (tertiary/aromatic N) is 1. The van der Waals surface area contributed by atoms with Crippen LogP contribution in [0, 0.1) is 5.41 Å². The van der Waals surface area contributed by atoms with E-state index in [0.717, 1.165) is 12.7 Å². The third-order valence-electron chi connectivity index (χ3n) is 4.59. The molecule has 8 heteroatoms. The van der Waals surface area contributed by atoms with Gasteiger partial charge in [0.1, 0.15) is 0 Å². The maximum atomic E-state index is 11.0. The van der Waals surface area contributed by atoms with Crippen LogP contribution in [0.3, 0.4) is 0 Å². The molecule has 1 aliphatic rings. The van der Waals surface area contributed by atoms with Gasteiger partial charge in [-0.3, -0.25) is 4.99 Å². The summed E-state index contributed by atoms with van der Waals surface area (Å²) in [5.74, 6) is 0.668. The van der Waals surface area contributed by atoms with Crippen molar-refractivity contribution in [1.29, 1.82) is 0 Å². The van der Waals surface area contributed by atoms with E-state index in [4.69, 9.17) is 4.74 Å². The van der Waals surface area contributed by atoms with Gasteiger partial charge in [0, 0.05) is 38.7 Å². The molecule has 0 spiro atoms. The lowest BCUT2D eigenvalue weighted by atomic mass is 9.56. The maximum Gasteiger partial charge on any atom is 0.208 e. The number of guanidine groups is 1. The number of hydrogen-bond acceptors (Lipinski definition) is 4. The lowest BCUT2D eigenvalue weighted by Gasteiger charge is -2.59. The van der Waals surface area contributed by atoms with Crippen LogP contribution < -0.4 is 15.4 Å². The highest BCUT2D eigenvalue weighted by atomic mass is 32.2. The normalized spacial score (nSPS) is 28.9. The zero-order valence-electron chi connectivity index (χ0n) is 13.8. The van der Waals surface area contributed by atoms with E-state index in [1.807, 2.05) is 0 Å². The molecule has 0 bridgehead atoms. The Morgan fingerprint density at radius 2 is 1.95 bits per heavy atom. The van der Waals surface area contributed by atoms with E-state index >= 15 is 0 Å². The molecular weight excluding hydrogens is 292 g/mol.